The SMILES string of the molecule is Clc1ccc2oc(-c3cccc(NCc4ccncc4)c3)nc2c1. The van der Waals surface area contributed by atoms with Gasteiger partial charge < -0.3 is 9.73 Å². The van der Waals surface area contributed by atoms with Crippen molar-refractivity contribution in [1.29, 1.82) is 0 Å². The average Bonchev–Trinajstić information content (AvgIpc) is 3.04. The molecule has 1 N–H and O–H groups in total. The predicted octanol–water partition coefficient (Wildman–Crippen LogP) is 5.16. The second kappa shape index (κ2) is 6.34. The number of rotatable bonds is 4. The highest BCUT2D eigenvalue weighted by atomic mass is 35.5. The van der Waals surface area contributed by atoms with E-state index in [1.54, 1.807) is 24.5 Å². The van der Waals surface area contributed by atoms with Crippen LogP contribution in [0.3, 0.4) is 0 Å². The highest BCUT2D eigenvalue weighted by Gasteiger charge is 2.09. The molecular formula is C19H14ClN3O. The van der Waals surface area contributed by atoms with Crippen molar-refractivity contribution in [2.75, 3.05) is 5.32 Å². The Morgan fingerprint density at radius 1 is 1.00 bits per heavy atom. The fourth-order valence-electron chi connectivity index (χ4n) is 2.49. The Balaban J connectivity index is 1.59. The van der Waals surface area contributed by atoms with Gasteiger partial charge in [-0.05, 0) is 54.1 Å². The van der Waals surface area contributed by atoms with Crippen molar-refractivity contribution in [1.82, 2.24) is 9.97 Å². The van der Waals surface area contributed by atoms with Gasteiger partial charge in [-0.3, -0.25) is 4.98 Å². The minimum atomic E-state index is 0.583. The van der Waals surface area contributed by atoms with Crippen molar-refractivity contribution in [3.63, 3.8) is 0 Å². The van der Waals surface area contributed by atoms with E-state index in [9.17, 15) is 0 Å². The van der Waals surface area contributed by atoms with E-state index in [0.29, 0.717) is 10.9 Å². The molecule has 2 heterocycles. The van der Waals surface area contributed by atoms with Crippen molar-refractivity contribution in [2.24, 2.45) is 0 Å². The molecule has 0 aliphatic rings. The number of halogens is 1. The van der Waals surface area contributed by atoms with Crippen molar-refractivity contribution >= 4 is 28.4 Å². The smallest absolute Gasteiger partial charge is 0.227 e. The first-order chi connectivity index (χ1) is 11.8. The Kier molecular flexibility index (Phi) is 3.89. The molecule has 0 saturated heterocycles. The molecule has 2 aromatic heterocycles. The third-order valence-corrected chi connectivity index (χ3v) is 3.94. The first-order valence-corrected chi connectivity index (χ1v) is 7.95. The van der Waals surface area contributed by atoms with Gasteiger partial charge in [0.25, 0.3) is 0 Å². The number of oxazole rings is 1. The Morgan fingerprint density at radius 3 is 2.75 bits per heavy atom. The van der Waals surface area contributed by atoms with Gasteiger partial charge in [-0.15, -0.1) is 0 Å². The molecule has 0 aliphatic heterocycles. The summed E-state index contributed by atoms with van der Waals surface area (Å²) in [5.41, 5.74) is 4.58. The number of nitrogens with zero attached hydrogens (tertiary/aromatic N) is 2. The normalized spacial score (nSPS) is 10.9. The van der Waals surface area contributed by atoms with Crippen LogP contribution in [0.2, 0.25) is 5.02 Å². The lowest BCUT2D eigenvalue weighted by Gasteiger charge is -2.07. The summed E-state index contributed by atoms with van der Waals surface area (Å²) in [4.78, 5) is 8.54. The monoisotopic (exact) mass is 335 g/mol. The Labute approximate surface area is 144 Å². The number of nitrogens with one attached hydrogen (secondary N) is 1. The fourth-order valence-corrected chi connectivity index (χ4v) is 2.66. The molecule has 0 fully saturated rings. The topological polar surface area (TPSA) is 51.0 Å². The van der Waals surface area contributed by atoms with Gasteiger partial charge in [-0.2, -0.15) is 0 Å². The molecule has 24 heavy (non-hydrogen) atoms. The molecule has 0 aliphatic carbocycles. The highest BCUT2D eigenvalue weighted by molar-refractivity contribution is 6.31. The maximum absolute atomic E-state index is 6.00. The van der Waals surface area contributed by atoms with Crippen LogP contribution >= 0.6 is 11.6 Å². The summed E-state index contributed by atoms with van der Waals surface area (Å²) in [6, 6.07) is 17.4. The summed E-state index contributed by atoms with van der Waals surface area (Å²) in [5, 5.41) is 4.04. The molecule has 0 atom stereocenters. The molecule has 0 spiro atoms. The van der Waals surface area contributed by atoms with Gasteiger partial charge in [0.15, 0.2) is 5.58 Å². The Bertz CT molecular complexity index is 982. The number of hydrogen-bond donors (Lipinski definition) is 1. The summed E-state index contributed by atoms with van der Waals surface area (Å²) in [5.74, 6) is 0.583. The molecule has 118 valence electrons. The zero-order valence-corrected chi connectivity index (χ0v) is 13.5. The summed E-state index contributed by atoms with van der Waals surface area (Å²) in [6.07, 6.45) is 3.58. The maximum atomic E-state index is 6.00. The molecule has 0 amide bonds. The van der Waals surface area contributed by atoms with Gasteiger partial charge in [0.2, 0.25) is 5.89 Å². The third-order valence-electron chi connectivity index (χ3n) is 3.71. The zero-order chi connectivity index (χ0) is 16.4. The maximum Gasteiger partial charge on any atom is 0.227 e. The number of hydrogen-bond acceptors (Lipinski definition) is 4. The summed E-state index contributed by atoms with van der Waals surface area (Å²) in [7, 11) is 0. The molecule has 0 unspecified atom stereocenters. The quantitative estimate of drug-likeness (QED) is 0.560. The Hall–Kier alpha value is -2.85. The highest BCUT2D eigenvalue weighted by Crippen LogP contribution is 2.27. The molecule has 0 radical (unpaired) electrons. The summed E-state index contributed by atoms with van der Waals surface area (Å²) >= 11 is 6.00. The van der Waals surface area contributed by atoms with E-state index in [1.165, 1.54) is 5.56 Å². The largest absolute Gasteiger partial charge is 0.436 e. The van der Waals surface area contributed by atoms with Crippen molar-refractivity contribution in [3.8, 4) is 11.5 Å². The van der Waals surface area contributed by atoms with Crippen molar-refractivity contribution in [2.45, 2.75) is 6.54 Å². The van der Waals surface area contributed by atoms with E-state index >= 15 is 0 Å². The minimum Gasteiger partial charge on any atom is -0.436 e. The van der Waals surface area contributed by atoms with E-state index in [1.807, 2.05) is 42.5 Å². The van der Waals surface area contributed by atoms with Gasteiger partial charge in [-0.25, -0.2) is 4.98 Å². The van der Waals surface area contributed by atoms with E-state index in [0.717, 1.165) is 28.9 Å². The number of benzene rings is 2. The molecule has 5 heteroatoms. The van der Waals surface area contributed by atoms with Crippen LogP contribution in [0.5, 0.6) is 0 Å². The third kappa shape index (κ3) is 3.09. The van der Waals surface area contributed by atoms with Crippen molar-refractivity contribution in [3.05, 3.63) is 77.6 Å². The van der Waals surface area contributed by atoms with E-state index in [4.69, 9.17) is 16.0 Å². The molecule has 0 saturated carbocycles. The van der Waals surface area contributed by atoms with Crippen LogP contribution in [0.15, 0.2) is 71.4 Å². The zero-order valence-electron chi connectivity index (χ0n) is 12.7. The molecule has 4 rings (SSSR count). The van der Waals surface area contributed by atoms with Crippen LogP contribution in [0.1, 0.15) is 5.56 Å². The molecule has 2 aromatic carbocycles. The standard InChI is InChI=1S/C19H14ClN3O/c20-15-4-5-18-17(11-15)23-19(24-18)14-2-1-3-16(10-14)22-12-13-6-8-21-9-7-13/h1-11,22H,12H2. The molecular weight excluding hydrogens is 322 g/mol. The molecule has 4 nitrogen and oxygen atoms in total. The van der Waals surface area contributed by atoms with Gasteiger partial charge in [0, 0.05) is 35.2 Å². The minimum absolute atomic E-state index is 0.583. The number of anilines is 1. The first kappa shape index (κ1) is 14.7. The van der Waals surface area contributed by atoms with E-state index in [2.05, 4.69) is 15.3 Å². The second-order valence-electron chi connectivity index (χ2n) is 5.42. The lowest BCUT2D eigenvalue weighted by molar-refractivity contribution is 0.620. The number of aromatic nitrogens is 2. The van der Waals surface area contributed by atoms with Gasteiger partial charge in [0.1, 0.15) is 5.52 Å². The number of fused-ring (bicyclic) bond motifs is 1. The van der Waals surface area contributed by atoms with Crippen LogP contribution in [0, 0.1) is 0 Å². The van der Waals surface area contributed by atoms with Gasteiger partial charge in [-0.1, -0.05) is 17.7 Å². The van der Waals surface area contributed by atoms with E-state index < -0.39 is 0 Å². The summed E-state index contributed by atoms with van der Waals surface area (Å²) in [6.45, 7) is 0.731. The van der Waals surface area contributed by atoms with Gasteiger partial charge >= 0.3 is 0 Å². The predicted molar refractivity (Wildman–Crippen MR) is 96.0 cm³/mol. The van der Waals surface area contributed by atoms with Crippen LogP contribution < -0.4 is 5.32 Å². The van der Waals surface area contributed by atoms with Crippen LogP contribution in [0.4, 0.5) is 5.69 Å². The van der Waals surface area contributed by atoms with Crippen LogP contribution in [0.25, 0.3) is 22.6 Å². The van der Waals surface area contributed by atoms with Crippen molar-refractivity contribution < 1.29 is 4.42 Å². The summed E-state index contributed by atoms with van der Waals surface area (Å²) < 4.78 is 5.82. The van der Waals surface area contributed by atoms with E-state index in [-0.39, 0.29) is 0 Å². The molecule has 0 bridgehead atoms. The average molecular weight is 336 g/mol. The van der Waals surface area contributed by atoms with Crippen LogP contribution in [-0.2, 0) is 6.54 Å². The fraction of sp³-hybridized carbons (Fsp3) is 0.0526. The molecule has 4 aromatic rings. The Morgan fingerprint density at radius 2 is 1.88 bits per heavy atom. The van der Waals surface area contributed by atoms with Crippen LogP contribution in [-0.4, -0.2) is 9.97 Å². The first-order valence-electron chi connectivity index (χ1n) is 7.57. The lowest BCUT2D eigenvalue weighted by atomic mass is 10.2. The number of pyridine rings is 1. The van der Waals surface area contributed by atoms with Gasteiger partial charge in [0.05, 0.1) is 0 Å². The lowest BCUT2D eigenvalue weighted by Crippen LogP contribution is -1.99. The second-order valence-corrected chi connectivity index (χ2v) is 5.86.